The number of rotatable bonds is 12. The van der Waals surface area contributed by atoms with Crippen molar-refractivity contribution in [2.45, 2.75) is 171 Å². The fourth-order valence-corrected chi connectivity index (χ4v) is 21.2. The summed E-state index contributed by atoms with van der Waals surface area (Å²) in [5.74, 6) is -3.25. The second kappa shape index (κ2) is 34.9. The van der Waals surface area contributed by atoms with Crippen LogP contribution in [-0.4, -0.2) is 200 Å². The third kappa shape index (κ3) is 14.6. The predicted molar refractivity (Wildman–Crippen MR) is 529 cm³/mol. The maximum atomic E-state index is 16.6. The van der Waals surface area contributed by atoms with E-state index in [0.29, 0.717) is 132 Å². The van der Waals surface area contributed by atoms with E-state index in [1.807, 2.05) is 168 Å². The Kier molecular flexibility index (Phi) is 23.2. The lowest BCUT2D eigenvalue weighted by atomic mass is 9.91. The van der Waals surface area contributed by atoms with Gasteiger partial charge in [-0.25, -0.2) is 43.1 Å². The van der Waals surface area contributed by atoms with E-state index in [4.69, 9.17) is 19.9 Å². The van der Waals surface area contributed by atoms with Gasteiger partial charge in [-0.3, -0.25) is 67.0 Å². The molecule has 704 valence electrons. The zero-order valence-corrected chi connectivity index (χ0v) is 79.5. The minimum Gasteiger partial charge on any atom is -0.364 e. The average Bonchev–Trinajstić information content (AvgIpc) is 0.819. The van der Waals surface area contributed by atoms with Gasteiger partial charge in [0.2, 0.25) is 23.6 Å². The van der Waals surface area contributed by atoms with Crippen molar-refractivity contribution < 1.29 is 37.1 Å². The first-order chi connectivity index (χ1) is 66.0. The first-order valence-electron chi connectivity index (χ1n) is 46.3. The van der Waals surface area contributed by atoms with Gasteiger partial charge in [-0.1, -0.05) is 79.5 Å². The van der Waals surface area contributed by atoms with Crippen LogP contribution in [0.2, 0.25) is 0 Å². The fraction of sp³-hybridized carbons (Fsp3) is 0.317. The third-order valence-corrected chi connectivity index (χ3v) is 28.0. The Morgan fingerprint density at radius 1 is 0.420 bits per heavy atom. The normalized spacial score (nSPS) is 17.9. The van der Waals surface area contributed by atoms with E-state index in [0.717, 1.165) is 55.6 Å². The van der Waals surface area contributed by atoms with Gasteiger partial charge in [0.05, 0.1) is 116 Å². The van der Waals surface area contributed by atoms with Crippen molar-refractivity contribution >= 4 is 124 Å². The number of anilines is 5. The molecule has 6 unspecified atom stereocenters. The molecule has 3 aromatic carbocycles. The summed E-state index contributed by atoms with van der Waals surface area (Å²) in [5, 5.41) is 4.10. The highest BCUT2D eigenvalue weighted by atomic mass is 19.1. The second-order valence-corrected chi connectivity index (χ2v) is 37.7. The highest BCUT2D eigenvalue weighted by Crippen LogP contribution is 2.49. The first kappa shape index (κ1) is 91.5. The van der Waals surface area contributed by atoms with Gasteiger partial charge < -0.3 is 54.6 Å². The molecule has 6 aliphatic rings. The van der Waals surface area contributed by atoms with E-state index in [9.17, 15) is 38.4 Å². The molecule has 0 radical (unpaired) electrons. The molecule has 3 saturated heterocycles. The molecule has 12 aromatic heterocycles. The van der Waals surface area contributed by atoms with Gasteiger partial charge in [-0.05, 0) is 199 Å². The molecule has 18 heterocycles. The summed E-state index contributed by atoms with van der Waals surface area (Å²) in [6.45, 7) is 41.7. The number of aryl methyl sites for hydroxylation is 6. The highest BCUT2D eigenvalue weighted by Gasteiger charge is 2.49. The number of aromatic amines is 3. The molecule has 138 heavy (non-hydrogen) atoms. The molecule has 15 aromatic rings. The lowest BCUT2D eigenvalue weighted by Gasteiger charge is -2.49. The number of nitrogens with one attached hydrogen (secondary N) is 4. The number of hydrogen-bond acceptors (Lipinski definition) is 20. The van der Waals surface area contributed by atoms with Crippen molar-refractivity contribution in [3.63, 3.8) is 0 Å². The maximum absolute atomic E-state index is 16.6. The molecule has 0 aliphatic carbocycles. The molecule has 34 heteroatoms. The minimum atomic E-state index is -0.805. The fourth-order valence-electron chi connectivity index (χ4n) is 21.2. The number of imidazole rings is 3. The SMILES string of the molecule is C=CC(=O)N1CC2C(=O)N(C)c3c(c4cc(F)c(-c5c(C)ccc6[nH]cnc56)nc4n(-c4c(C)ccnc4C(C)C)c3=O)N2CC1C.C=CC(=O)N1CC2C(=O)Nc3c(c4cc(F)c(-c5c(C)ccc6[nH]cnc56)nc4n(-c4c(C)ccnc4C(C)C)c3=O)N2CC1C.C=CC(=O)N1CC2CCc3c(c4cc(F)c(-c5c(C)ccc6[nH]cnc56)nc4n(-c4c(C)ccnc4C(C)C)c3=O)N2CC1C. The smallest absolute Gasteiger partial charge is 0.283 e. The number of likely N-dealkylation sites (N-methyl/N-ethyl adjacent to an activating group) is 1. The number of halogens is 3. The molecule has 5 amide bonds. The van der Waals surface area contributed by atoms with Gasteiger partial charge in [0.1, 0.15) is 63.6 Å². The molecule has 0 bridgehead atoms. The Labute approximate surface area is 790 Å². The molecule has 21 rings (SSSR count). The molecule has 0 saturated carbocycles. The lowest BCUT2D eigenvalue weighted by Crippen LogP contribution is -2.66. The number of pyridine rings is 9. The number of hydrogen-bond donors (Lipinski definition) is 4. The quantitative estimate of drug-likeness (QED) is 0.0825. The van der Waals surface area contributed by atoms with Gasteiger partial charge in [-0.2, -0.15) is 0 Å². The average molecular weight is 1860 g/mol. The van der Waals surface area contributed by atoms with E-state index >= 15 is 13.2 Å². The van der Waals surface area contributed by atoms with Crippen molar-refractivity contribution in [2.24, 2.45) is 0 Å². The molecular formula is C104H104F3N23O8. The summed E-state index contributed by atoms with van der Waals surface area (Å²) < 4.78 is 54.3. The van der Waals surface area contributed by atoms with E-state index in [2.05, 4.69) is 69.8 Å². The maximum Gasteiger partial charge on any atom is 0.283 e. The summed E-state index contributed by atoms with van der Waals surface area (Å²) in [7, 11) is 1.55. The van der Waals surface area contributed by atoms with Gasteiger partial charge in [-0.15, -0.1) is 0 Å². The summed E-state index contributed by atoms with van der Waals surface area (Å²) >= 11 is 0. The van der Waals surface area contributed by atoms with E-state index in [1.165, 1.54) is 50.5 Å². The molecule has 3 fully saturated rings. The second-order valence-electron chi connectivity index (χ2n) is 37.7. The Bertz CT molecular complexity index is 7960. The number of carbonyl (C=O) groups excluding carboxylic acids is 5. The monoisotopic (exact) mass is 1860 g/mol. The number of piperazine rings is 3. The molecule has 6 atom stereocenters. The van der Waals surface area contributed by atoms with Crippen molar-refractivity contribution in [2.75, 3.05) is 71.2 Å². The molecule has 4 N–H and O–H groups in total. The number of carbonyl (C=O) groups is 5. The third-order valence-electron chi connectivity index (χ3n) is 28.0. The van der Waals surface area contributed by atoms with Crippen LogP contribution in [0, 0.1) is 59.0 Å². The number of nitrogens with zero attached hydrogens (tertiary/aromatic N) is 19. The van der Waals surface area contributed by atoms with Crippen LogP contribution in [0.25, 0.3) is 117 Å². The number of aromatic nitrogens is 15. The summed E-state index contributed by atoms with van der Waals surface area (Å²) in [6, 6.07) is 18.8. The zero-order valence-electron chi connectivity index (χ0n) is 79.5. The van der Waals surface area contributed by atoms with Gasteiger partial charge in [0.15, 0.2) is 11.3 Å². The standard InChI is InChI=1S/C35H35FN8O3.C35H36FN7O2.C34H33FN8O3/c1-8-25(45)42-15-24-34(46)41(7)32-31(43(24)14-20(42)6)21-13-22(36)28(26-18(4)9-10-23-29(26)39-16-38-23)40-33(21)44(35(32)47)30-19(5)11-12-37-27(30)17(2)3;1-7-27(44)41-16-22-9-10-23-33(42(22)15-21(41)6)24-14-25(36)30(28-19(4)8-11-26-31(28)39-17-38-26)40-34(24)43(35(23)45)32-20(5)12-13-37-29(32)18(2)3;1-7-24(44)41-14-23-33(45)40-29-31(42(23)13-19(41)6)20-12-21(35)27(25-17(4)8-9-22-28(25)38-15-37-22)39-32(20)43(34(29)46)30-18(5)10-11-36-26(30)16(2)3/h8-13,16-17,20,24H,1,14-15H2,2-7H3,(H,38,39);7-8,11-14,17-18,21-22H,1,9-10,15-16H2,2-6H3,(H,38,39);7-12,15-16,19,23H,1,13-14H2,2-6H3,(H,37,38)(H,40,45). The van der Waals surface area contributed by atoms with Crippen LogP contribution in [-0.2, 0) is 30.4 Å². The highest BCUT2D eigenvalue weighted by molar-refractivity contribution is 6.14. The number of fused-ring (bicyclic) bond motifs is 18. The molecular weight excluding hydrogens is 1760 g/mol. The largest absolute Gasteiger partial charge is 0.364 e. The van der Waals surface area contributed by atoms with Crippen molar-refractivity contribution in [1.29, 1.82) is 0 Å². The van der Waals surface area contributed by atoms with Crippen LogP contribution >= 0.6 is 0 Å². The van der Waals surface area contributed by atoms with Crippen molar-refractivity contribution in [1.82, 2.24) is 88.2 Å². The Hall–Kier alpha value is -15.6. The lowest BCUT2D eigenvalue weighted by molar-refractivity contribution is -0.132. The van der Waals surface area contributed by atoms with Gasteiger partial charge in [0, 0.05) is 114 Å². The van der Waals surface area contributed by atoms with Gasteiger partial charge in [0.25, 0.3) is 22.6 Å². The summed E-state index contributed by atoms with van der Waals surface area (Å²) in [4.78, 5) is 174. The van der Waals surface area contributed by atoms with Crippen LogP contribution in [0.3, 0.4) is 0 Å². The Morgan fingerprint density at radius 2 is 0.783 bits per heavy atom. The number of H-pyrrole nitrogens is 3. The minimum absolute atomic E-state index is 0.0230. The van der Waals surface area contributed by atoms with E-state index < -0.39 is 46.6 Å². The predicted octanol–water partition coefficient (Wildman–Crippen LogP) is 15.3. The first-order valence-corrected chi connectivity index (χ1v) is 46.3. The Morgan fingerprint density at radius 3 is 1.19 bits per heavy atom. The molecule has 6 aliphatic heterocycles. The topological polar surface area (TPSA) is 349 Å². The van der Waals surface area contributed by atoms with Crippen LogP contribution in [0.15, 0.2) is 163 Å². The van der Waals surface area contributed by atoms with Gasteiger partial charge >= 0.3 is 0 Å². The molecule has 0 spiro atoms. The van der Waals surface area contributed by atoms with Crippen LogP contribution in [0.4, 0.5) is 41.6 Å². The zero-order chi connectivity index (χ0) is 97.8. The van der Waals surface area contributed by atoms with Crippen molar-refractivity contribution in [3.05, 3.63) is 253 Å². The van der Waals surface area contributed by atoms with E-state index in [1.54, 1.807) is 63.9 Å². The summed E-state index contributed by atoms with van der Waals surface area (Å²) in [5.41, 5.74) is 16.4. The summed E-state index contributed by atoms with van der Waals surface area (Å²) in [6.07, 6.45) is 14.8. The van der Waals surface area contributed by atoms with Crippen LogP contribution in [0.5, 0.6) is 0 Å². The van der Waals surface area contributed by atoms with Crippen molar-refractivity contribution in [3.8, 4) is 50.8 Å². The molecule has 31 nitrogen and oxygen atoms in total. The Balaban J connectivity index is 0.000000132. The number of amides is 5. The van der Waals surface area contributed by atoms with Crippen LogP contribution in [0.1, 0.15) is 143 Å². The van der Waals surface area contributed by atoms with E-state index in [-0.39, 0.29) is 137 Å². The van der Waals surface area contributed by atoms with Crippen LogP contribution < -0.4 is 41.6 Å². The number of benzene rings is 3.